The number of hydrogen-bond donors (Lipinski definition) is 0. The largest absolute Gasteiger partial charge is 0.214 e. The van der Waals surface area contributed by atoms with Crippen LogP contribution in [0.15, 0.2) is 54.6 Å². The van der Waals surface area contributed by atoms with Crippen molar-refractivity contribution in [3.05, 3.63) is 71.3 Å². The third-order valence-corrected chi connectivity index (χ3v) is 6.32. The zero-order chi connectivity index (χ0) is 15.6. The molecule has 0 amide bonds. The van der Waals surface area contributed by atoms with E-state index in [-0.39, 0.29) is 11.8 Å². The Morgan fingerprint density at radius 3 is 2.50 bits per heavy atom. The standard InChI is InChI=1S/C18H21NO2S/c1-15-18-10-6-5-9-17(18)11-13-19(15)22(20,21)14-12-16-7-3-2-4-8-16/h2-10,15H,11-14H2,1H3. The monoisotopic (exact) mass is 315 g/mol. The van der Waals surface area contributed by atoms with E-state index >= 15 is 0 Å². The zero-order valence-corrected chi connectivity index (χ0v) is 13.6. The highest BCUT2D eigenvalue weighted by Gasteiger charge is 2.32. The smallest absolute Gasteiger partial charge is 0.212 e. The molecule has 0 radical (unpaired) electrons. The van der Waals surface area contributed by atoms with Crippen molar-refractivity contribution in [2.24, 2.45) is 0 Å². The van der Waals surface area contributed by atoms with Crippen LogP contribution in [0.25, 0.3) is 0 Å². The molecule has 1 atom stereocenters. The highest BCUT2D eigenvalue weighted by Crippen LogP contribution is 2.31. The van der Waals surface area contributed by atoms with Crippen LogP contribution in [-0.4, -0.2) is 25.0 Å². The van der Waals surface area contributed by atoms with E-state index < -0.39 is 10.0 Å². The molecule has 2 aromatic carbocycles. The zero-order valence-electron chi connectivity index (χ0n) is 12.8. The van der Waals surface area contributed by atoms with Crippen LogP contribution < -0.4 is 0 Å². The van der Waals surface area contributed by atoms with E-state index in [1.54, 1.807) is 4.31 Å². The molecule has 1 aliphatic heterocycles. The minimum Gasteiger partial charge on any atom is -0.212 e. The van der Waals surface area contributed by atoms with Crippen molar-refractivity contribution in [3.63, 3.8) is 0 Å². The molecular formula is C18H21NO2S. The lowest BCUT2D eigenvalue weighted by Gasteiger charge is -2.34. The predicted octanol–water partition coefficient (Wildman–Crippen LogP) is 3.18. The van der Waals surface area contributed by atoms with Gasteiger partial charge in [0.1, 0.15) is 0 Å². The minimum absolute atomic E-state index is 0.0780. The molecule has 1 aliphatic rings. The molecule has 0 saturated carbocycles. The van der Waals surface area contributed by atoms with Crippen LogP contribution in [0.4, 0.5) is 0 Å². The molecule has 0 N–H and O–H groups in total. The summed E-state index contributed by atoms with van der Waals surface area (Å²) in [6.07, 6.45) is 1.36. The molecule has 1 heterocycles. The van der Waals surface area contributed by atoms with Crippen LogP contribution >= 0.6 is 0 Å². The second kappa shape index (κ2) is 6.23. The van der Waals surface area contributed by atoms with Crippen molar-refractivity contribution in [3.8, 4) is 0 Å². The van der Waals surface area contributed by atoms with E-state index in [1.807, 2.05) is 55.5 Å². The van der Waals surface area contributed by atoms with Gasteiger partial charge in [-0.2, -0.15) is 4.31 Å². The summed E-state index contributed by atoms with van der Waals surface area (Å²) in [5.74, 6) is 0.170. The first-order valence-corrected chi connectivity index (χ1v) is 9.30. The fourth-order valence-corrected chi connectivity index (χ4v) is 4.83. The maximum Gasteiger partial charge on any atom is 0.214 e. The highest BCUT2D eigenvalue weighted by molar-refractivity contribution is 7.89. The third kappa shape index (κ3) is 3.08. The summed E-state index contributed by atoms with van der Waals surface area (Å²) in [6.45, 7) is 2.56. The Bertz CT molecular complexity index is 741. The van der Waals surface area contributed by atoms with Gasteiger partial charge in [-0.15, -0.1) is 0 Å². The number of benzene rings is 2. The minimum atomic E-state index is -3.24. The summed E-state index contributed by atoms with van der Waals surface area (Å²) in [7, 11) is -3.24. The van der Waals surface area contributed by atoms with Crippen LogP contribution in [-0.2, 0) is 22.9 Å². The van der Waals surface area contributed by atoms with Gasteiger partial charge in [0.05, 0.1) is 5.75 Å². The van der Waals surface area contributed by atoms with Gasteiger partial charge in [0.25, 0.3) is 0 Å². The van der Waals surface area contributed by atoms with Gasteiger partial charge < -0.3 is 0 Å². The SMILES string of the molecule is CC1c2ccccc2CCN1S(=O)(=O)CCc1ccccc1. The average Bonchev–Trinajstić information content (AvgIpc) is 2.54. The first kappa shape index (κ1) is 15.3. The van der Waals surface area contributed by atoms with Gasteiger partial charge in [-0.25, -0.2) is 8.42 Å². The molecule has 116 valence electrons. The summed E-state index contributed by atoms with van der Waals surface area (Å²) in [5, 5.41) is 0. The summed E-state index contributed by atoms with van der Waals surface area (Å²) in [6, 6.07) is 17.9. The molecule has 22 heavy (non-hydrogen) atoms. The first-order chi connectivity index (χ1) is 10.6. The van der Waals surface area contributed by atoms with Gasteiger partial charge in [0.15, 0.2) is 0 Å². The number of hydrogen-bond acceptors (Lipinski definition) is 2. The topological polar surface area (TPSA) is 37.4 Å². The van der Waals surface area contributed by atoms with E-state index in [2.05, 4.69) is 6.07 Å². The molecular weight excluding hydrogens is 294 g/mol. The fourth-order valence-electron chi connectivity index (χ4n) is 3.14. The normalized spacial score (nSPS) is 18.9. The molecule has 3 rings (SSSR count). The van der Waals surface area contributed by atoms with Gasteiger partial charge in [-0.3, -0.25) is 0 Å². The lowest BCUT2D eigenvalue weighted by Crippen LogP contribution is -2.40. The van der Waals surface area contributed by atoms with Crippen LogP contribution in [0.5, 0.6) is 0 Å². The Morgan fingerprint density at radius 2 is 1.73 bits per heavy atom. The van der Waals surface area contributed by atoms with Crippen LogP contribution in [0, 0.1) is 0 Å². The van der Waals surface area contributed by atoms with Gasteiger partial charge in [-0.05, 0) is 36.5 Å². The maximum atomic E-state index is 12.7. The Hall–Kier alpha value is -1.65. The molecule has 0 spiro atoms. The summed E-state index contributed by atoms with van der Waals surface area (Å²) in [5.41, 5.74) is 3.47. The molecule has 1 unspecified atom stereocenters. The van der Waals surface area contributed by atoms with Gasteiger partial charge in [-0.1, -0.05) is 54.6 Å². The quantitative estimate of drug-likeness (QED) is 0.869. The molecule has 0 bridgehead atoms. The highest BCUT2D eigenvalue weighted by atomic mass is 32.2. The van der Waals surface area contributed by atoms with Crippen LogP contribution in [0.2, 0.25) is 0 Å². The van der Waals surface area contributed by atoms with Gasteiger partial charge in [0.2, 0.25) is 10.0 Å². The number of aryl methyl sites for hydroxylation is 1. The summed E-state index contributed by atoms with van der Waals surface area (Å²) in [4.78, 5) is 0. The van der Waals surface area contributed by atoms with E-state index in [0.717, 1.165) is 17.5 Å². The van der Waals surface area contributed by atoms with Crippen molar-refractivity contribution < 1.29 is 8.42 Å². The number of sulfonamides is 1. The van der Waals surface area contributed by atoms with Crippen molar-refractivity contribution in [2.75, 3.05) is 12.3 Å². The lowest BCUT2D eigenvalue weighted by molar-refractivity contribution is 0.326. The molecule has 0 fully saturated rings. The number of fused-ring (bicyclic) bond motifs is 1. The lowest BCUT2D eigenvalue weighted by atomic mass is 9.96. The Morgan fingerprint density at radius 1 is 1.05 bits per heavy atom. The molecule has 0 saturated heterocycles. The average molecular weight is 315 g/mol. The number of nitrogens with zero attached hydrogens (tertiary/aromatic N) is 1. The molecule has 4 heteroatoms. The Balaban J connectivity index is 1.76. The van der Waals surface area contributed by atoms with Crippen LogP contribution in [0.3, 0.4) is 0 Å². The fraction of sp³-hybridized carbons (Fsp3) is 0.333. The molecule has 3 nitrogen and oxygen atoms in total. The predicted molar refractivity (Wildman–Crippen MR) is 89.2 cm³/mol. The van der Waals surface area contributed by atoms with Crippen LogP contribution in [0.1, 0.15) is 29.7 Å². The molecule has 2 aromatic rings. The van der Waals surface area contributed by atoms with Crippen molar-refractivity contribution in [1.29, 1.82) is 0 Å². The van der Waals surface area contributed by atoms with E-state index in [1.165, 1.54) is 5.56 Å². The van der Waals surface area contributed by atoms with Gasteiger partial charge >= 0.3 is 0 Å². The van der Waals surface area contributed by atoms with Crippen molar-refractivity contribution >= 4 is 10.0 Å². The van der Waals surface area contributed by atoms with Crippen molar-refractivity contribution in [1.82, 2.24) is 4.31 Å². The Labute approximate surface area is 132 Å². The molecule has 0 aliphatic carbocycles. The van der Waals surface area contributed by atoms with Crippen molar-refractivity contribution in [2.45, 2.75) is 25.8 Å². The van der Waals surface area contributed by atoms with Gasteiger partial charge in [0, 0.05) is 12.6 Å². The van der Waals surface area contributed by atoms with E-state index in [9.17, 15) is 8.42 Å². The Kier molecular flexibility index (Phi) is 4.32. The number of rotatable bonds is 4. The second-order valence-electron chi connectivity index (χ2n) is 5.79. The second-order valence-corrected chi connectivity index (χ2v) is 7.83. The summed E-state index contributed by atoms with van der Waals surface area (Å²) < 4.78 is 27.1. The van der Waals surface area contributed by atoms with E-state index in [0.29, 0.717) is 13.0 Å². The molecule has 0 aromatic heterocycles. The first-order valence-electron chi connectivity index (χ1n) is 7.69. The van der Waals surface area contributed by atoms with E-state index in [4.69, 9.17) is 0 Å². The maximum absolute atomic E-state index is 12.7. The third-order valence-electron chi connectivity index (χ3n) is 4.39. The summed E-state index contributed by atoms with van der Waals surface area (Å²) >= 11 is 0.